The highest BCUT2D eigenvalue weighted by atomic mass is 35.5. The number of aryl methyl sites for hydroxylation is 2. The molecule has 2 nitrogen and oxygen atoms in total. The second-order valence-corrected chi connectivity index (χ2v) is 5.27. The minimum absolute atomic E-state index is 0.147. The summed E-state index contributed by atoms with van der Waals surface area (Å²) in [6.07, 6.45) is 1.93. The van der Waals surface area contributed by atoms with E-state index >= 15 is 0 Å². The van der Waals surface area contributed by atoms with E-state index in [-0.39, 0.29) is 5.88 Å². The van der Waals surface area contributed by atoms with Crippen molar-refractivity contribution in [3.8, 4) is 0 Å². The molecular formula is C14H16BClF2N2. The summed E-state index contributed by atoms with van der Waals surface area (Å²) < 4.78 is 27.6. The van der Waals surface area contributed by atoms with E-state index in [4.69, 9.17) is 11.6 Å². The first-order valence-corrected chi connectivity index (χ1v) is 6.90. The van der Waals surface area contributed by atoms with E-state index in [9.17, 15) is 8.63 Å². The van der Waals surface area contributed by atoms with Crippen LogP contribution in [0.1, 0.15) is 30.8 Å². The summed E-state index contributed by atoms with van der Waals surface area (Å²) in [5.74, 6) is 0.147. The van der Waals surface area contributed by atoms with Gasteiger partial charge in [-0.1, -0.05) is 0 Å². The number of aromatic nitrogens is 1. The number of hydrogen-bond acceptors (Lipinski definition) is 1. The topological polar surface area (TPSA) is 17.3 Å². The molecule has 0 spiro atoms. The minimum atomic E-state index is -2.59. The fourth-order valence-electron chi connectivity index (χ4n) is 2.68. The molecule has 0 saturated heterocycles. The van der Waals surface area contributed by atoms with Crippen LogP contribution in [0.3, 0.4) is 0 Å². The van der Waals surface area contributed by atoms with Crippen LogP contribution < -0.4 is 0 Å². The van der Waals surface area contributed by atoms with E-state index in [1.165, 1.54) is 0 Å². The molecule has 2 rings (SSSR count). The Kier molecular flexibility index (Phi) is 4.18. The van der Waals surface area contributed by atoms with Gasteiger partial charge in [-0.15, -0.1) is 11.6 Å². The standard InChI is InChI=1S/C14H16BClF2N2/c1-8-5-10(3)19-13(8)12(7-16)14-9(2)6-11(4)20(14)15(17)18/h5-6H,7H2,1-4H3/b13-12-. The van der Waals surface area contributed by atoms with Gasteiger partial charge in [0.15, 0.2) is 0 Å². The average molecular weight is 297 g/mol. The SMILES string of the molecule is CC1=CC(C)=N/C1=C(/CCl)c1c(C)cc(C)n1B(F)F. The third-order valence-electron chi connectivity index (χ3n) is 3.41. The zero-order valence-electron chi connectivity index (χ0n) is 12.0. The Bertz CT molecular complexity index is 642. The van der Waals surface area contributed by atoms with Crippen LogP contribution in [0.4, 0.5) is 8.63 Å². The molecule has 0 saturated carbocycles. The molecule has 20 heavy (non-hydrogen) atoms. The molecule has 0 atom stereocenters. The van der Waals surface area contributed by atoms with Crippen LogP contribution in [0.2, 0.25) is 0 Å². The number of aliphatic imine (C=N–C) groups is 1. The Hall–Kier alpha value is -1.36. The molecule has 0 N–H and O–H groups in total. The average Bonchev–Trinajstić information content (AvgIpc) is 2.81. The Morgan fingerprint density at radius 2 is 1.95 bits per heavy atom. The van der Waals surface area contributed by atoms with E-state index in [0.29, 0.717) is 22.7 Å². The lowest BCUT2D eigenvalue weighted by atomic mass is 10.0. The van der Waals surface area contributed by atoms with Gasteiger partial charge in [0.1, 0.15) is 0 Å². The molecule has 0 unspecified atom stereocenters. The lowest BCUT2D eigenvalue weighted by Gasteiger charge is -2.13. The van der Waals surface area contributed by atoms with Gasteiger partial charge in [0.25, 0.3) is 0 Å². The van der Waals surface area contributed by atoms with E-state index in [0.717, 1.165) is 21.3 Å². The molecule has 0 radical (unpaired) electrons. The fourth-order valence-corrected chi connectivity index (χ4v) is 2.93. The predicted molar refractivity (Wildman–Crippen MR) is 81.8 cm³/mol. The normalized spacial score (nSPS) is 17.1. The van der Waals surface area contributed by atoms with Crippen LogP contribution >= 0.6 is 11.6 Å². The predicted octanol–water partition coefficient (Wildman–Crippen LogP) is 4.25. The Morgan fingerprint density at radius 1 is 1.30 bits per heavy atom. The van der Waals surface area contributed by atoms with Crippen LogP contribution in [-0.2, 0) is 0 Å². The highest BCUT2D eigenvalue weighted by Gasteiger charge is 2.27. The number of allylic oxidation sites excluding steroid dienone is 3. The van der Waals surface area contributed by atoms with Crippen molar-refractivity contribution in [2.45, 2.75) is 27.7 Å². The van der Waals surface area contributed by atoms with Crippen LogP contribution in [0.5, 0.6) is 0 Å². The summed E-state index contributed by atoms with van der Waals surface area (Å²) in [5.41, 5.74) is 4.98. The number of rotatable bonds is 3. The Morgan fingerprint density at radius 3 is 2.40 bits per heavy atom. The lowest BCUT2D eigenvalue weighted by Crippen LogP contribution is -2.18. The molecule has 106 valence electrons. The van der Waals surface area contributed by atoms with Gasteiger partial charge in [0, 0.05) is 22.7 Å². The molecule has 0 amide bonds. The highest BCUT2D eigenvalue weighted by Crippen LogP contribution is 2.33. The van der Waals surface area contributed by atoms with Crippen molar-refractivity contribution in [3.63, 3.8) is 0 Å². The van der Waals surface area contributed by atoms with Crippen molar-refractivity contribution in [1.29, 1.82) is 0 Å². The largest absolute Gasteiger partial charge is 0.677 e. The maximum atomic E-state index is 13.3. The first-order valence-electron chi connectivity index (χ1n) is 6.36. The number of hydrogen-bond donors (Lipinski definition) is 0. The minimum Gasteiger partial charge on any atom is -0.329 e. The van der Waals surface area contributed by atoms with Gasteiger partial charge in [0.2, 0.25) is 0 Å². The molecule has 0 fully saturated rings. The summed E-state index contributed by atoms with van der Waals surface area (Å²) >= 11 is 6.04. The first-order chi connectivity index (χ1) is 9.36. The van der Waals surface area contributed by atoms with Gasteiger partial charge in [-0.05, 0) is 51.0 Å². The quantitative estimate of drug-likeness (QED) is 0.586. The molecule has 6 heteroatoms. The van der Waals surface area contributed by atoms with Crippen LogP contribution in [-0.4, -0.2) is 23.5 Å². The third-order valence-corrected chi connectivity index (χ3v) is 3.67. The van der Waals surface area contributed by atoms with E-state index in [1.54, 1.807) is 13.0 Å². The first kappa shape index (κ1) is 15.0. The van der Waals surface area contributed by atoms with Crippen molar-refractivity contribution in [2.75, 3.05) is 5.88 Å². The zero-order valence-corrected chi connectivity index (χ0v) is 12.7. The van der Waals surface area contributed by atoms with Gasteiger partial charge >= 0.3 is 7.40 Å². The smallest absolute Gasteiger partial charge is 0.329 e. The van der Waals surface area contributed by atoms with E-state index in [2.05, 4.69) is 4.99 Å². The van der Waals surface area contributed by atoms with Crippen molar-refractivity contribution in [3.05, 3.63) is 40.4 Å². The van der Waals surface area contributed by atoms with Crippen LogP contribution in [0.15, 0.2) is 28.4 Å². The maximum Gasteiger partial charge on any atom is 0.677 e. The zero-order chi connectivity index (χ0) is 15.0. The number of halogens is 3. The van der Waals surface area contributed by atoms with Gasteiger partial charge in [-0.3, -0.25) is 13.6 Å². The molecule has 0 aliphatic carbocycles. The van der Waals surface area contributed by atoms with Crippen LogP contribution in [0.25, 0.3) is 5.57 Å². The summed E-state index contributed by atoms with van der Waals surface area (Å²) in [7, 11) is -2.59. The number of alkyl halides is 1. The molecule has 1 aromatic heterocycles. The Balaban J connectivity index is 2.72. The van der Waals surface area contributed by atoms with Crippen LogP contribution in [0, 0.1) is 13.8 Å². The fraction of sp³-hybridized carbons (Fsp3) is 0.357. The molecular weight excluding hydrogens is 280 g/mol. The summed E-state index contributed by atoms with van der Waals surface area (Å²) in [6.45, 7) is 7.29. The van der Waals surface area contributed by atoms with E-state index in [1.807, 2.05) is 26.8 Å². The molecule has 0 bridgehead atoms. The van der Waals surface area contributed by atoms with Gasteiger partial charge < -0.3 is 4.48 Å². The van der Waals surface area contributed by atoms with Crippen molar-refractivity contribution >= 4 is 30.3 Å². The molecule has 2 heterocycles. The van der Waals surface area contributed by atoms with Gasteiger partial charge in [-0.2, -0.15) is 0 Å². The lowest BCUT2D eigenvalue weighted by molar-refractivity contribution is 0.624. The third kappa shape index (κ3) is 2.47. The molecule has 1 aliphatic heterocycles. The van der Waals surface area contributed by atoms with Crippen molar-refractivity contribution in [1.82, 2.24) is 4.48 Å². The second-order valence-electron chi connectivity index (χ2n) is 5.01. The molecule has 1 aliphatic rings. The monoisotopic (exact) mass is 296 g/mol. The molecule has 1 aromatic rings. The van der Waals surface area contributed by atoms with Gasteiger partial charge in [0.05, 0.1) is 11.6 Å². The Labute approximate surface area is 123 Å². The highest BCUT2D eigenvalue weighted by molar-refractivity contribution is 6.41. The maximum absolute atomic E-state index is 13.3. The second kappa shape index (κ2) is 5.56. The van der Waals surface area contributed by atoms with Gasteiger partial charge in [-0.25, -0.2) is 0 Å². The summed E-state index contributed by atoms with van der Waals surface area (Å²) in [5, 5.41) is 0. The van der Waals surface area contributed by atoms with Crippen molar-refractivity contribution < 1.29 is 8.63 Å². The summed E-state index contributed by atoms with van der Waals surface area (Å²) in [4.78, 5) is 4.43. The van der Waals surface area contributed by atoms with E-state index < -0.39 is 7.40 Å². The van der Waals surface area contributed by atoms with Crippen molar-refractivity contribution in [2.24, 2.45) is 4.99 Å². The summed E-state index contributed by atoms with van der Waals surface area (Å²) in [6, 6.07) is 1.75. The molecule has 0 aromatic carbocycles. The number of nitrogens with zero attached hydrogens (tertiary/aromatic N) is 2.